The molecule has 1 unspecified atom stereocenters. The van der Waals surface area contributed by atoms with Gasteiger partial charge in [0.1, 0.15) is 11.3 Å². The van der Waals surface area contributed by atoms with Crippen LogP contribution >= 0.6 is 11.3 Å². The molecule has 6 nitrogen and oxygen atoms in total. The summed E-state index contributed by atoms with van der Waals surface area (Å²) in [5.41, 5.74) is 1.43. The Balaban J connectivity index is 1.32. The minimum absolute atomic E-state index is 0.0241. The van der Waals surface area contributed by atoms with Crippen LogP contribution in [0.2, 0.25) is 0 Å². The maximum absolute atomic E-state index is 13.3. The zero-order chi connectivity index (χ0) is 22.1. The third-order valence-electron chi connectivity index (χ3n) is 5.93. The van der Waals surface area contributed by atoms with Gasteiger partial charge in [-0.1, -0.05) is 53.8 Å². The molecule has 1 fully saturated rings. The summed E-state index contributed by atoms with van der Waals surface area (Å²) in [7, 11) is 1.61. The molecule has 0 bridgehead atoms. The number of methoxy groups -OCH3 is 1. The Labute approximate surface area is 189 Å². The van der Waals surface area contributed by atoms with Crippen LogP contribution in [0.3, 0.4) is 0 Å². The van der Waals surface area contributed by atoms with E-state index in [1.807, 2.05) is 60.7 Å². The number of rotatable bonds is 4. The van der Waals surface area contributed by atoms with Gasteiger partial charge in [-0.3, -0.25) is 9.59 Å². The van der Waals surface area contributed by atoms with Crippen LogP contribution in [0.4, 0.5) is 5.13 Å². The first kappa shape index (κ1) is 20.5. The SMILES string of the molecule is COc1cccc2sc(NC(=O)C3CCCN(C(=O)c4cccc5ccccc45)C3)nc12. The van der Waals surface area contributed by atoms with Crippen LogP contribution in [-0.4, -0.2) is 41.9 Å². The molecule has 3 aromatic carbocycles. The van der Waals surface area contributed by atoms with Crippen LogP contribution in [0.5, 0.6) is 5.75 Å². The van der Waals surface area contributed by atoms with Crippen molar-refractivity contribution in [2.24, 2.45) is 5.92 Å². The van der Waals surface area contributed by atoms with Gasteiger partial charge >= 0.3 is 0 Å². The molecule has 0 radical (unpaired) electrons. The highest BCUT2D eigenvalue weighted by Crippen LogP contribution is 2.32. The number of ether oxygens (including phenoxy) is 1. The summed E-state index contributed by atoms with van der Waals surface area (Å²) < 4.78 is 6.32. The number of anilines is 1. The van der Waals surface area contributed by atoms with Crippen LogP contribution in [0.25, 0.3) is 21.0 Å². The van der Waals surface area contributed by atoms with Crippen LogP contribution < -0.4 is 10.1 Å². The second-order valence-electron chi connectivity index (χ2n) is 7.93. The van der Waals surface area contributed by atoms with Crippen LogP contribution in [-0.2, 0) is 4.79 Å². The number of hydrogen-bond donors (Lipinski definition) is 1. The van der Waals surface area contributed by atoms with E-state index in [4.69, 9.17) is 4.74 Å². The highest BCUT2D eigenvalue weighted by molar-refractivity contribution is 7.22. The average molecular weight is 446 g/mol. The zero-order valence-electron chi connectivity index (χ0n) is 17.7. The lowest BCUT2D eigenvalue weighted by molar-refractivity contribution is -0.121. The Hall–Kier alpha value is -3.45. The van der Waals surface area contributed by atoms with Crippen LogP contribution in [0, 0.1) is 5.92 Å². The number of carbonyl (C=O) groups is 2. The second kappa shape index (κ2) is 8.59. The number of benzene rings is 3. The summed E-state index contributed by atoms with van der Waals surface area (Å²) >= 11 is 1.42. The fourth-order valence-corrected chi connectivity index (χ4v) is 5.19. The molecule has 0 saturated carbocycles. The maximum atomic E-state index is 13.3. The number of hydrogen-bond acceptors (Lipinski definition) is 5. The van der Waals surface area contributed by atoms with E-state index in [9.17, 15) is 9.59 Å². The Kier molecular flexibility index (Phi) is 5.49. The van der Waals surface area contributed by atoms with Crippen molar-refractivity contribution in [3.63, 3.8) is 0 Å². The Morgan fingerprint density at radius 2 is 1.91 bits per heavy atom. The molecule has 5 rings (SSSR count). The molecule has 32 heavy (non-hydrogen) atoms. The summed E-state index contributed by atoms with van der Waals surface area (Å²) in [6, 6.07) is 19.4. The van der Waals surface area contributed by atoms with Gasteiger partial charge in [-0.2, -0.15) is 0 Å². The largest absolute Gasteiger partial charge is 0.494 e. The van der Waals surface area contributed by atoms with E-state index in [1.165, 1.54) is 11.3 Å². The lowest BCUT2D eigenvalue weighted by atomic mass is 9.95. The van der Waals surface area contributed by atoms with Gasteiger partial charge in [0.05, 0.1) is 17.7 Å². The van der Waals surface area contributed by atoms with Gasteiger partial charge in [0.15, 0.2) is 5.13 Å². The van der Waals surface area contributed by atoms with E-state index in [2.05, 4.69) is 10.3 Å². The van der Waals surface area contributed by atoms with Crippen molar-refractivity contribution >= 4 is 49.3 Å². The third kappa shape index (κ3) is 3.80. The molecule has 1 aliphatic heterocycles. The summed E-state index contributed by atoms with van der Waals surface area (Å²) in [6.45, 7) is 1.06. The van der Waals surface area contributed by atoms with Gasteiger partial charge in [-0.05, 0) is 41.8 Å². The number of aromatic nitrogens is 1. The maximum Gasteiger partial charge on any atom is 0.254 e. The van der Waals surface area contributed by atoms with Crippen molar-refractivity contribution in [2.75, 3.05) is 25.5 Å². The van der Waals surface area contributed by atoms with E-state index in [0.717, 1.165) is 33.8 Å². The lowest BCUT2D eigenvalue weighted by Gasteiger charge is -2.32. The molecule has 2 heterocycles. The normalized spacial score (nSPS) is 16.3. The standard InChI is InChI=1S/C25H23N3O3S/c1-31-20-12-5-13-21-22(20)26-25(32-21)27-23(29)17-9-6-14-28(15-17)24(30)19-11-4-8-16-7-2-3-10-18(16)19/h2-5,7-8,10-13,17H,6,9,14-15H2,1H3,(H,26,27,29). The van der Waals surface area contributed by atoms with Crippen molar-refractivity contribution in [3.8, 4) is 5.75 Å². The van der Waals surface area contributed by atoms with Crippen molar-refractivity contribution < 1.29 is 14.3 Å². The number of nitrogens with one attached hydrogen (secondary N) is 1. The monoisotopic (exact) mass is 445 g/mol. The van der Waals surface area contributed by atoms with Gasteiger partial charge in [0, 0.05) is 18.7 Å². The third-order valence-corrected chi connectivity index (χ3v) is 6.87. The molecule has 4 aromatic rings. The zero-order valence-corrected chi connectivity index (χ0v) is 18.5. The first-order chi connectivity index (χ1) is 15.6. The second-order valence-corrected chi connectivity index (χ2v) is 8.96. The van der Waals surface area contributed by atoms with Gasteiger partial charge in [-0.15, -0.1) is 0 Å². The Morgan fingerprint density at radius 1 is 1.09 bits per heavy atom. The Morgan fingerprint density at radius 3 is 2.78 bits per heavy atom. The average Bonchev–Trinajstić information content (AvgIpc) is 3.25. The van der Waals surface area contributed by atoms with E-state index < -0.39 is 0 Å². The fraction of sp³-hybridized carbons (Fsp3) is 0.240. The molecule has 7 heteroatoms. The minimum Gasteiger partial charge on any atom is -0.494 e. The topological polar surface area (TPSA) is 71.5 Å². The van der Waals surface area contributed by atoms with Crippen molar-refractivity contribution in [3.05, 3.63) is 66.2 Å². The smallest absolute Gasteiger partial charge is 0.254 e. The van der Waals surface area contributed by atoms with Gasteiger partial charge in [0.25, 0.3) is 5.91 Å². The van der Waals surface area contributed by atoms with Gasteiger partial charge < -0.3 is 15.0 Å². The molecule has 1 atom stereocenters. The first-order valence-electron chi connectivity index (χ1n) is 10.7. The quantitative estimate of drug-likeness (QED) is 0.483. The molecule has 1 aliphatic rings. The summed E-state index contributed by atoms with van der Waals surface area (Å²) in [6.07, 6.45) is 1.54. The van der Waals surface area contributed by atoms with Gasteiger partial charge in [0.2, 0.25) is 5.91 Å². The molecular weight excluding hydrogens is 422 g/mol. The molecule has 1 N–H and O–H groups in total. The van der Waals surface area contributed by atoms with Crippen LogP contribution in [0.15, 0.2) is 60.7 Å². The van der Waals surface area contributed by atoms with E-state index in [0.29, 0.717) is 29.5 Å². The van der Waals surface area contributed by atoms with E-state index in [1.54, 1.807) is 12.0 Å². The van der Waals surface area contributed by atoms with Crippen LogP contribution in [0.1, 0.15) is 23.2 Å². The molecule has 1 saturated heterocycles. The molecule has 1 aromatic heterocycles. The highest BCUT2D eigenvalue weighted by Gasteiger charge is 2.30. The minimum atomic E-state index is -0.267. The first-order valence-corrected chi connectivity index (χ1v) is 11.5. The van der Waals surface area contributed by atoms with E-state index >= 15 is 0 Å². The van der Waals surface area contributed by atoms with Crippen molar-refractivity contribution in [1.29, 1.82) is 0 Å². The summed E-state index contributed by atoms with van der Waals surface area (Å²) in [5.74, 6) is 0.294. The fourth-order valence-electron chi connectivity index (χ4n) is 4.31. The number of para-hydroxylation sites is 1. The lowest BCUT2D eigenvalue weighted by Crippen LogP contribution is -2.43. The number of carbonyl (C=O) groups excluding carboxylic acids is 2. The molecular formula is C25H23N3O3S. The number of thiazole rings is 1. The molecule has 0 aliphatic carbocycles. The number of amides is 2. The summed E-state index contributed by atoms with van der Waals surface area (Å²) in [5, 5.41) is 5.48. The van der Waals surface area contributed by atoms with Crippen molar-refractivity contribution in [1.82, 2.24) is 9.88 Å². The van der Waals surface area contributed by atoms with Crippen molar-refractivity contribution in [2.45, 2.75) is 12.8 Å². The Bertz CT molecular complexity index is 1310. The number of nitrogens with zero attached hydrogens (tertiary/aromatic N) is 2. The number of fused-ring (bicyclic) bond motifs is 2. The molecule has 2 amide bonds. The highest BCUT2D eigenvalue weighted by atomic mass is 32.1. The van der Waals surface area contributed by atoms with Gasteiger partial charge in [-0.25, -0.2) is 4.98 Å². The predicted octanol–water partition coefficient (Wildman–Crippen LogP) is 4.95. The molecule has 0 spiro atoms. The summed E-state index contributed by atoms with van der Waals surface area (Å²) in [4.78, 5) is 32.6. The number of likely N-dealkylation sites (tertiary alicyclic amines) is 1. The van der Waals surface area contributed by atoms with E-state index in [-0.39, 0.29) is 17.7 Å². The molecule has 162 valence electrons. The number of piperidine rings is 1. The predicted molar refractivity (Wildman–Crippen MR) is 127 cm³/mol.